The molecular formula is C23H23ClFNO6. The number of nitrogens with zero attached hydrogens (tertiary/aromatic N) is 1. The van der Waals surface area contributed by atoms with E-state index in [9.17, 15) is 19.1 Å². The SMILES string of the molecule is COCCCN1C(=O)C(=O)/C(=C(/O)c2cc(Cl)c(OC)cc2OC)C1c1ccccc1F. The maximum atomic E-state index is 14.8. The van der Waals surface area contributed by atoms with E-state index in [1.165, 1.54) is 56.6 Å². The number of carbonyl (C=O) groups is 2. The number of rotatable bonds is 8. The van der Waals surface area contributed by atoms with E-state index in [4.69, 9.17) is 25.8 Å². The molecule has 2 aromatic rings. The van der Waals surface area contributed by atoms with Crippen LogP contribution in [0.4, 0.5) is 4.39 Å². The minimum atomic E-state index is -1.13. The number of hydrogen-bond donors (Lipinski definition) is 1. The van der Waals surface area contributed by atoms with Crippen molar-refractivity contribution >= 4 is 29.1 Å². The van der Waals surface area contributed by atoms with Crippen molar-refractivity contribution in [1.82, 2.24) is 4.90 Å². The molecule has 1 unspecified atom stereocenters. The molecule has 1 saturated heterocycles. The van der Waals surface area contributed by atoms with Crippen molar-refractivity contribution < 1.29 is 33.3 Å². The molecule has 0 saturated carbocycles. The summed E-state index contributed by atoms with van der Waals surface area (Å²) in [5, 5.41) is 11.3. The summed E-state index contributed by atoms with van der Waals surface area (Å²) >= 11 is 6.22. The molecule has 2 aromatic carbocycles. The van der Waals surface area contributed by atoms with Crippen molar-refractivity contribution in [3.05, 3.63) is 63.9 Å². The molecule has 1 N–H and O–H groups in total. The summed E-state index contributed by atoms with van der Waals surface area (Å²) in [6, 6.07) is 7.49. The third kappa shape index (κ3) is 4.28. The Morgan fingerprint density at radius 3 is 2.44 bits per heavy atom. The van der Waals surface area contributed by atoms with E-state index in [-0.39, 0.29) is 34.0 Å². The topological polar surface area (TPSA) is 85.3 Å². The molecule has 0 aliphatic carbocycles. The Bertz CT molecular complexity index is 1070. The van der Waals surface area contributed by atoms with E-state index < -0.39 is 29.3 Å². The number of halogens is 2. The maximum absolute atomic E-state index is 14.8. The zero-order valence-corrected chi connectivity index (χ0v) is 18.6. The number of likely N-dealkylation sites (tertiary alicyclic amines) is 1. The van der Waals surface area contributed by atoms with Crippen LogP contribution in [0.5, 0.6) is 11.5 Å². The van der Waals surface area contributed by atoms with Gasteiger partial charge in [0.25, 0.3) is 11.7 Å². The highest BCUT2D eigenvalue weighted by Crippen LogP contribution is 2.43. The van der Waals surface area contributed by atoms with Gasteiger partial charge in [-0.3, -0.25) is 9.59 Å². The Labute approximate surface area is 189 Å². The van der Waals surface area contributed by atoms with Crippen LogP contribution >= 0.6 is 11.6 Å². The predicted molar refractivity (Wildman–Crippen MR) is 116 cm³/mol. The smallest absolute Gasteiger partial charge is 0.295 e. The minimum Gasteiger partial charge on any atom is -0.507 e. The van der Waals surface area contributed by atoms with Crippen LogP contribution in [-0.4, -0.2) is 56.2 Å². The van der Waals surface area contributed by atoms with E-state index in [1.54, 1.807) is 6.07 Å². The molecule has 0 spiro atoms. The van der Waals surface area contributed by atoms with Gasteiger partial charge in [0.15, 0.2) is 0 Å². The lowest BCUT2D eigenvalue weighted by Gasteiger charge is -2.25. The van der Waals surface area contributed by atoms with Gasteiger partial charge in [0.05, 0.1) is 36.4 Å². The highest BCUT2D eigenvalue weighted by Gasteiger charge is 2.47. The molecule has 1 aliphatic heterocycles. The molecule has 1 aliphatic rings. The number of ketones is 1. The summed E-state index contributed by atoms with van der Waals surface area (Å²) in [5.74, 6) is -2.43. The summed E-state index contributed by atoms with van der Waals surface area (Å²) in [6.45, 7) is 0.476. The molecule has 1 amide bonds. The normalized spacial score (nSPS) is 17.7. The fourth-order valence-electron chi connectivity index (χ4n) is 3.70. The van der Waals surface area contributed by atoms with Gasteiger partial charge in [0.2, 0.25) is 0 Å². The monoisotopic (exact) mass is 463 g/mol. The molecule has 7 nitrogen and oxygen atoms in total. The summed E-state index contributed by atoms with van der Waals surface area (Å²) in [7, 11) is 4.31. The Hall–Kier alpha value is -3.10. The summed E-state index contributed by atoms with van der Waals surface area (Å²) < 4.78 is 30.3. The summed E-state index contributed by atoms with van der Waals surface area (Å²) in [5.41, 5.74) is -0.0872. The standard InChI is InChI=1S/C23H23ClFNO6/c1-30-10-6-9-26-20(13-7-4-5-8-16(13)25)19(22(28)23(26)29)21(27)14-11-15(24)18(32-3)12-17(14)31-2/h4-5,7-8,11-12,20,27H,6,9-10H2,1-3H3/b21-19+. The van der Waals surface area contributed by atoms with Gasteiger partial charge in [-0.15, -0.1) is 0 Å². The lowest BCUT2D eigenvalue weighted by atomic mass is 9.94. The van der Waals surface area contributed by atoms with Crippen molar-refractivity contribution in [1.29, 1.82) is 0 Å². The molecule has 1 heterocycles. The van der Waals surface area contributed by atoms with Crippen molar-refractivity contribution in [3.63, 3.8) is 0 Å². The Balaban J connectivity index is 2.23. The van der Waals surface area contributed by atoms with E-state index in [1.807, 2.05) is 0 Å². The largest absolute Gasteiger partial charge is 0.507 e. The molecule has 170 valence electrons. The third-order valence-corrected chi connectivity index (χ3v) is 5.51. The van der Waals surface area contributed by atoms with Gasteiger partial charge in [0.1, 0.15) is 23.1 Å². The number of aliphatic hydroxyl groups excluding tert-OH is 1. The average Bonchev–Trinajstić information content (AvgIpc) is 3.03. The number of methoxy groups -OCH3 is 3. The zero-order chi connectivity index (χ0) is 23.4. The number of aliphatic hydroxyl groups is 1. The van der Waals surface area contributed by atoms with Crippen LogP contribution in [0.1, 0.15) is 23.6 Å². The fraction of sp³-hybridized carbons (Fsp3) is 0.304. The maximum Gasteiger partial charge on any atom is 0.295 e. The van der Waals surface area contributed by atoms with Gasteiger partial charge in [-0.2, -0.15) is 0 Å². The first-order valence-corrected chi connectivity index (χ1v) is 10.2. The van der Waals surface area contributed by atoms with Gasteiger partial charge in [0, 0.05) is 31.9 Å². The molecular weight excluding hydrogens is 441 g/mol. The van der Waals surface area contributed by atoms with Crippen molar-refractivity contribution in [2.24, 2.45) is 0 Å². The molecule has 0 bridgehead atoms. The molecule has 3 rings (SSSR count). The van der Waals surface area contributed by atoms with Crippen LogP contribution in [0.15, 0.2) is 42.0 Å². The van der Waals surface area contributed by atoms with E-state index in [2.05, 4.69) is 0 Å². The number of carbonyl (C=O) groups excluding carboxylic acids is 2. The lowest BCUT2D eigenvalue weighted by Crippen LogP contribution is -2.31. The number of Topliss-reactive ketones (excluding diaryl/α,β-unsaturated/α-hetero) is 1. The predicted octanol–water partition coefficient (Wildman–Crippen LogP) is 3.95. The number of amides is 1. The molecule has 0 aromatic heterocycles. The second kappa shape index (κ2) is 10.0. The Kier molecular flexibility index (Phi) is 7.37. The second-order valence-electron chi connectivity index (χ2n) is 7.05. The fourth-order valence-corrected chi connectivity index (χ4v) is 3.94. The number of ether oxygens (including phenoxy) is 3. The quantitative estimate of drug-likeness (QED) is 0.276. The van der Waals surface area contributed by atoms with E-state index >= 15 is 0 Å². The van der Waals surface area contributed by atoms with Crippen molar-refractivity contribution in [3.8, 4) is 11.5 Å². The van der Waals surface area contributed by atoms with E-state index in [0.717, 1.165) is 0 Å². The zero-order valence-electron chi connectivity index (χ0n) is 17.9. The Morgan fingerprint density at radius 1 is 1.12 bits per heavy atom. The van der Waals surface area contributed by atoms with Crippen molar-refractivity contribution in [2.75, 3.05) is 34.5 Å². The van der Waals surface area contributed by atoms with Gasteiger partial charge < -0.3 is 24.2 Å². The van der Waals surface area contributed by atoms with Crippen LogP contribution in [0.3, 0.4) is 0 Å². The van der Waals surface area contributed by atoms with Gasteiger partial charge in [-0.1, -0.05) is 29.8 Å². The highest BCUT2D eigenvalue weighted by molar-refractivity contribution is 6.46. The molecule has 9 heteroatoms. The molecule has 1 atom stereocenters. The number of hydrogen-bond acceptors (Lipinski definition) is 6. The molecule has 32 heavy (non-hydrogen) atoms. The van der Waals surface area contributed by atoms with Crippen molar-refractivity contribution in [2.45, 2.75) is 12.5 Å². The van der Waals surface area contributed by atoms with Crippen LogP contribution < -0.4 is 9.47 Å². The first-order valence-electron chi connectivity index (χ1n) is 9.79. The van der Waals surface area contributed by atoms with Crippen LogP contribution in [0, 0.1) is 5.82 Å². The van der Waals surface area contributed by atoms with E-state index in [0.29, 0.717) is 18.8 Å². The van der Waals surface area contributed by atoms with Gasteiger partial charge >= 0.3 is 0 Å². The first-order chi connectivity index (χ1) is 15.3. The van der Waals surface area contributed by atoms with Gasteiger partial charge in [-0.05, 0) is 18.6 Å². The van der Waals surface area contributed by atoms with Gasteiger partial charge in [-0.25, -0.2) is 4.39 Å². The van der Waals surface area contributed by atoms with Crippen LogP contribution in [0.2, 0.25) is 5.02 Å². The summed E-state index contributed by atoms with van der Waals surface area (Å²) in [4.78, 5) is 27.1. The van der Waals surface area contributed by atoms with Crippen LogP contribution in [0.25, 0.3) is 5.76 Å². The summed E-state index contributed by atoms with van der Waals surface area (Å²) in [6.07, 6.45) is 0.423. The second-order valence-corrected chi connectivity index (χ2v) is 7.45. The minimum absolute atomic E-state index is 0.0783. The lowest BCUT2D eigenvalue weighted by molar-refractivity contribution is -0.140. The first kappa shape index (κ1) is 23.6. The molecule has 0 radical (unpaired) electrons. The number of benzene rings is 2. The Morgan fingerprint density at radius 2 is 1.81 bits per heavy atom. The average molecular weight is 464 g/mol. The van der Waals surface area contributed by atoms with Crippen LogP contribution in [-0.2, 0) is 14.3 Å². The third-order valence-electron chi connectivity index (χ3n) is 5.22. The highest BCUT2D eigenvalue weighted by atomic mass is 35.5. The molecule has 1 fully saturated rings.